The van der Waals surface area contributed by atoms with Gasteiger partial charge in [-0.1, -0.05) is 38.1 Å². The SMILES string of the molecule is CC(C)Cc1ccc([C@@H](C)C(=O)N[C@@H](C)C(=O)O)cc1. The number of carbonyl (C=O) groups excluding carboxylic acids is 1. The van der Waals surface area contributed by atoms with Crippen molar-refractivity contribution < 1.29 is 14.7 Å². The zero-order valence-electron chi connectivity index (χ0n) is 12.5. The molecule has 0 heterocycles. The largest absolute Gasteiger partial charge is 0.480 e. The van der Waals surface area contributed by atoms with E-state index in [2.05, 4.69) is 19.2 Å². The molecule has 0 aliphatic rings. The number of carboxylic acid groups (broad SMARTS) is 1. The van der Waals surface area contributed by atoms with Crippen LogP contribution in [0.3, 0.4) is 0 Å². The smallest absolute Gasteiger partial charge is 0.325 e. The normalized spacial score (nSPS) is 13.8. The molecular formula is C16H23NO3. The molecule has 0 aromatic heterocycles. The molecule has 0 unspecified atom stereocenters. The van der Waals surface area contributed by atoms with Gasteiger partial charge in [0.2, 0.25) is 5.91 Å². The van der Waals surface area contributed by atoms with Crippen LogP contribution < -0.4 is 5.32 Å². The summed E-state index contributed by atoms with van der Waals surface area (Å²) in [6, 6.07) is 7.06. The summed E-state index contributed by atoms with van der Waals surface area (Å²) in [6.45, 7) is 7.56. The molecule has 0 aliphatic carbocycles. The van der Waals surface area contributed by atoms with Crippen LogP contribution in [0.15, 0.2) is 24.3 Å². The number of aliphatic carboxylic acids is 1. The van der Waals surface area contributed by atoms with Gasteiger partial charge in [0.15, 0.2) is 0 Å². The van der Waals surface area contributed by atoms with Gasteiger partial charge in [0, 0.05) is 0 Å². The second-order valence-corrected chi connectivity index (χ2v) is 5.63. The van der Waals surface area contributed by atoms with Crippen molar-refractivity contribution >= 4 is 11.9 Å². The van der Waals surface area contributed by atoms with E-state index in [4.69, 9.17) is 5.11 Å². The van der Waals surface area contributed by atoms with Crippen molar-refractivity contribution in [1.29, 1.82) is 0 Å². The van der Waals surface area contributed by atoms with Gasteiger partial charge in [0.1, 0.15) is 6.04 Å². The van der Waals surface area contributed by atoms with Crippen molar-refractivity contribution in [3.8, 4) is 0 Å². The molecule has 0 saturated heterocycles. The molecule has 1 amide bonds. The molecule has 20 heavy (non-hydrogen) atoms. The maximum absolute atomic E-state index is 11.9. The molecule has 2 N–H and O–H groups in total. The summed E-state index contributed by atoms with van der Waals surface area (Å²) < 4.78 is 0. The summed E-state index contributed by atoms with van der Waals surface area (Å²) in [4.78, 5) is 22.7. The summed E-state index contributed by atoms with van der Waals surface area (Å²) >= 11 is 0. The maximum Gasteiger partial charge on any atom is 0.325 e. The van der Waals surface area contributed by atoms with Crippen LogP contribution in [-0.2, 0) is 16.0 Å². The summed E-state index contributed by atoms with van der Waals surface area (Å²) in [7, 11) is 0. The van der Waals surface area contributed by atoms with E-state index in [1.54, 1.807) is 6.92 Å². The first kappa shape index (κ1) is 16.2. The average Bonchev–Trinajstić information content (AvgIpc) is 2.37. The van der Waals surface area contributed by atoms with E-state index in [0.717, 1.165) is 12.0 Å². The van der Waals surface area contributed by atoms with Crippen LogP contribution in [0.25, 0.3) is 0 Å². The van der Waals surface area contributed by atoms with Crippen LogP contribution in [-0.4, -0.2) is 23.0 Å². The topological polar surface area (TPSA) is 66.4 Å². The zero-order valence-corrected chi connectivity index (χ0v) is 12.5. The van der Waals surface area contributed by atoms with E-state index in [1.165, 1.54) is 12.5 Å². The minimum atomic E-state index is -1.03. The summed E-state index contributed by atoms with van der Waals surface area (Å²) in [5, 5.41) is 11.3. The van der Waals surface area contributed by atoms with Crippen LogP contribution in [0, 0.1) is 5.92 Å². The summed E-state index contributed by atoms with van der Waals surface area (Å²) in [5.74, 6) is -1.06. The van der Waals surface area contributed by atoms with E-state index >= 15 is 0 Å². The Morgan fingerprint density at radius 3 is 2.10 bits per heavy atom. The fraction of sp³-hybridized carbons (Fsp3) is 0.500. The molecule has 0 radical (unpaired) electrons. The first-order valence-corrected chi connectivity index (χ1v) is 6.93. The molecule has 4 heteroatoms. The van der Waals surface area contributed by atoms with Gasteiger partial charge in [0.05, 0.1) is 5.92 Å². The fourth-order valence-electron chi connectivity index (χ4n) is 1.97. The summed E-state index contributed by atoms with van der Waals surface area (Å²) in [6.07, 6.45) is 1.01. The number of nitrogens with one attached hydrogen (secondary N) is 1. The van der Waals surface area contributed by atoms with Crippen molar-refractivity contribution in [1.82, 2.24) is 5.32 Å². The highest BCUT2D eigenvalue weighted by atomic mass is 16.4. The van der Waals surface area contributed by atoms with Crippen LogP contribution in [0.1, 0.15) is 44.7 Å². The molecule has 0 aliphatic heterocycles. The van der Waals surface area contributed by atoms with Gasteiger partial charge in [0.25, 0.3) is 0 Å². The first-order valence-electron chi connectivity index (χ1n) is 6.93. The number of carbonyl (C=O) groups is 2. The second kappa shape index (κ2) is 7.08. The minimum absolute atomic E-state index is 0.267. The Bertz CT molecular complexity index is 465. The predicted octanol–water partition coefficient (Wildman–Crippen LogP) is 2.58. The van der Waals surface area contributed by atoms with Crippen molar-refractivity contribution in [2.45, 2.75) is 46.1 Å². The van der Waals surface area contributed by atoms with Gasteiger partial charge in [-0.25, -0.2) is 0 Å². The lowest BCUT2D eigenvalue weighted by Crippen LogP contribution is -2.40. The minimum Gasteiger partial charge on any atom is -0.480 e. The molecule has 0 spiro atoms. The quantitative estimate of drug-likeness (QED) is 0.840. The zero-order chi connectivity index (χ0) is 15.3. The van der Waals surface area contributed by atoms with E-state index < -0.39 is 12.0 Å². The second-order valence-electron chi connectivity index (χ2n) is 5.63. The Morgan fingerprint density at radius 1 is 1.10 bits per heavy atom. The highest BCUT2D eigenvalue weighted by molar-refractivity contribution is 5.87. The van der Waals surface area contributed by atoms with Crippen molar-refractivity contribution in [3.05, 3.63) is 35.4 Å². The lowest BCUT2D eigenvalue weighted by Gasteiger charge is -2.15. The van der Waals surface area contributed by atoms with E-state index in [0.29, 0.717) is 5.92 Å². The Labute approximate surface area is 120 Å². The molecule has 0 bridgehead atoms. The third kappa shape index (κ3) is 4.68. The van der Waals surface area contributed by atoms with Crippen LogP contribution in [0.2, 0.25) is 0 Å². The molecule has 110 valence electrons. The lowest BCUT2D eigenvalue weighted by atomic mass is 9.96. The monoisotopic (exact) mass is 277 g/mol. The molecular weight excluding hydrogens is 254 g/mol. The number of hydrogen-bond donors (Lipinski definition) is 2. The van der Waals surface area contributed by atoms with Gasteiger partial charge in [-0.15, -0.1) is 0 Å². The van der Waals surface area contributed by atoms with Gasteiger partial charge in [-0.05, 0) is 37.3 Å². The van der Waals surface area contributed by atoms with E-state index in [1.807, 2.05) is 24.3 Å². The Kier molecular flexibility index (Phi) is 5.74. The molecule has 1 aromatic carbocycles. The predicted molar refractivity (Wildman–Crippen MR) is 78.6 cm³/mol. The standard InChI is InChI=1S/C16H23NO3/c1-10(2)9-13-5-7-14(8-6-13)11(3)15(18)17-12(4)16(19)20/h5-8,10-12H,9H2,1-4H3,(H,17,18)(H,19,20)/t11-,12+/m1/s1. The fourth-order valence-corrected chi connectivity index (χ4v) is 1.97. The van der Waals surface area contributed by atoms with Gasteiger partial charge >= 0.3 is 5.97 Å². The van der Waals surface area contributed by atoms with Crippen LogP contribution >= 0.6 is 0 Å². The number of amides is 1. The van der Waals surface area contributed by atoms with Gasteiger partial charge < -0.3 is 10.4 Å². The van der Waals surface area contributed by atoms with E-state index in [-0.39, 0.29) is 11.8 Å². The Morgan fingerprint density at radius 2 is 1.65 bits per heavy atom. The molecule has 0 saturated carbocycles. The summed E-state index contributed by atoms with van der Waals surface area (Å²) in [5.41, 5.74) is 2.14. The Balaban J connectivity index is 2.69. The number of hydrogen-bond acceptors (Lipinski definition) is 2. The first-order chi connectivity index (χ1) is 9.31. The third-order valence-electron chi connectivity index (χ3n) is 3.25. The number of carboxylic acids is 1. The van der Waals surface area contributed by atoms with Gasteiger partial charge in [-0.3, -0.25) is 9.59 Å². The van der Waals surface area contributed by atoms with Crippen molar-refractivity contribution in [2.75, 3.05) is 0 Å². The maximum atomic E-state index is 11.9. The Hall–Kier alpha value is -1.84. The molecule has 2 atom stereocenters. The molecule has 4 nitrogen and oxygen atoms in total. The van der Waals surface area contributed by atoms with E-state index in [9.17, 15) is 9.59 Å². The molecule has 1 aromatic rings. The number of rotatable bonds is 6. The van der Waals surface area contributed by atoms with Crippen LogP contribution in [0.4, 0.5) is 0 Å². The number of benzene rings is 1. The third-order valence-corrected chi connectivity index (χ3v) is 3.25. The van der Waals surface area contributed by atoms with Crippen molar-refractivity contribution in [3.63, 3.8) is 0 Å². The van der Waals surface area contributed by atoms with Crippen LogP contribution in [0.5, 0.6) is 0 Å². The molecule has 1 rings (SSSR count). The highest BCUT2D eigenvalue weighted by Gasteiger charge is 2.20. The lowest BCUT2D eigenvalue weighted by molar-refractivity contribution is -0.141. The highest BCUT2D eigenvalue weighted by Crippen LogP contribution is 2.17. The van der Waals surface area contributed by atoms with Crippen molar-refractivity contribution in [2.24, 2.45) is 5.92 Å². The molecule has 0 fully saturated rings. The van der Waals surface area contributed by atoms with Gasteiger partial charge in [-0.2, -0.15) is 0 Å². The average molecular weight is 277 g/mol.